The molecule has 0 spiro atoms. The normalized spacial score (nSPS) is 23.6. The van der Waals surface area contributed by atoms with Crippen LogP contribution in [0.1, 0.15) is 55.5 Å². The third-order valence-corrected chi connectivity index (χ3v) is 12.9. The summed E-state index contributed by atoms with van der Waals surface area (Å²) >= 11 is 0. The summed E-state index contributed by atoms with van der Waals surface area (Å²) < 4.78 is 68.0. The lowest BCUT2D eigenvalue weighted by Gasteiger charge is -2.49. The monoisotopic (exact) mass is 998 g/mol. The largest absolute Gasteiger partial charge is 0.452 e. The van der Waals surface area contributed by atoms with E-state index in [0.29, 0.717) is 12.2 Å². The SMILES string of the molecule is C[C@@H]1OC(COCc2ccccc2)[C@H](O[C@H]2OC(COCc3ccccc3)[C@@H](OCc3ccccc3)C(OCc3ccccc3)[C@@H]2OCc2ccccc2)C(OC(=O)c2ccccc2)[C@@H]1OC(=O)c1ccccc1. The first-order valence-electron chi connectivity index (χ1n) is 25.1. The van der Waals surface area contributed by atoms with Gasteiger partial charge in [-0.3, -0.25) is 0 Å². The summed E-state index contributed by atoms with van der Waals surface area (Å²) in [4.78, 5) is 28.4. The molecule has 2 aliphatic heterocycles. The fraction of sp³-hybridized carbons (Fsp3) is 0.290. The number of hydrogen-bond acceptors (Lipinski definition) is 12. The van der Waals surface area contributed by atoms with Gasteiger partial charge in [0, 0.05) is 0 Å². The minimum atomic E-state index is -1.27. The van der Waals surface area contributed by atoms with Crippen molar-refractivity contribution in [1.29, 1.82) is 0 Å². The Morgan fingerprint density at radius 3 is 1.12 bits per heavy atom. The number of esters is 2. The summed E-state index contributed by atoms with van der Waals surface area (Å²) in [5.41, 5.74) is 5.29. The van der Waals surface area contributed by atoms with Gasteiger partial charge in [-0.25, -0.2) is 9.59 Å². The van der Waals surface area contributed by atoms with Crippen LogP contribution in [0.3, 0.4) is 0 Å². The zero-order valence-corrected chi connectivity index (χ0v) is 41.3. The molecule has 0 N–H and O–H groups in total. The van der Waals surface area contributed by atoms with Crippen molar-refractivity contribution >= 4 is 11.9 Å². The molecule has 9 rings (SSSR count). The van der Waals surface area contributed by atoms with Crippen LogP contribution in [0, 0.1) is 0 Å². The molecule has 4 unspecified atom stereocenters. The highest BCUT2D eigenvalue weighted by atomic mass is 16.7. The van der Waals surface area contributed by atoms with E-state index in [0.717, 1.165) is 27.8 Å². The molecule has 0 saturated carbocycles. The maximum atomic E-state index is 14.4. The highest BCUT2D eigenvalue weighted by Crippen LogP contribution is 2.37. The van der Waals surface area contributed by atoms with Gasteiger partial charge < -0.3 is 47.4 Å². The third kappa shape index (κ3) is 14.5. The molecule has 12 nitrogen and oxygen atoms in total. The maximum absolute atomic E-state index is 14.4. The molecule has 0 amide bonds. The molecule has 0 aliphatic carbocycles. The molecular formula is C62H62O12. The van der Waals surface area contributed by atoms with Gasteiger partial charge in [-0.2, -0.15) is 0 Å². The van der Waals surface area contributed by atoms with Gasteiger partial charge in [0.2, 0.25) is 0 Å². The second-order valence-electron chi connectivity index (χ2n) is 18.3. The maximum Gasteiger partial charge on any atom is 0.338 e. The molecule has 2 saturated heterocycles. The highest BCUT2D eigenvalue weighted by Gasteiger charge is 2.55. The van der Waals surface area contributed by atoms with E-state index < -0.39 is 73.2 Å². The van der Waals surface area contributed by atoms with Gasteiger partial charge in [0.1, 0.15) is 36.6 Å². The van der Waals surface area contributed by atoms with Crippen LogP contribution in [0.15, 0.2) is 212 Å². The van der Waals surface area contributed by atoms with Gasteiger partial charge in [0.25, 0.3) is 0 Å². The van der Waals surface area contributed by atoms with Crippen molar-refractivity contribution in [3.8, 4) is 0 Å². The van der Waals surface area contributed by atoms with Crippen molar-refractivity contribution < 1.29 is 57.0 Å². The van der Waals surface area contributed by atoms with Crippen molar-refractivity contribution in [3.05, 3.63) is 251 Å². The minimum absolute atomic E-state index is 0.00867. The van der Waals surface area contributed by atoms with Crippen molar-refractivity contribution in [2.24, 2.45) is 0 Å². The first-order valence-corrected chi connectivity index (χ1v) is 25.1. The van der Waals surface area contributed by atoms with Crippen LogP contribution in [0.5, 0.6) is 0 Å². The van der Waals surface area contributed by atoms with Crippen molar-refractivity contribution in [3.63, 3.8) is 0 Å². The molecule has 2 heterocycles. The van der Waals surface area contributed by atoms with Gasteiger partial charge >= 0.3 is 11.9 Å². The Labute approximate surface area is 433 Å². The summed E-state index contributed by atoms with van der Waals surface area (Å²) in [7, 11) is 0. The van der Waals surface area contributed by atoms with Crippen LogP contribution < -0.4 is 0 Å². The summed E-state index contributed by atoms with van der Waals surface area (Å²) in [5.74, 6) is -1.29. The van der Waals surface area contributed by atoms with Gasteiger partial charge in [0.05, 0.1) is 63.5 Å². The zero-order valence-electron chi connectivity index (χ0n) is 41.3. The Balaban J connectivity index is 1.12. The van der Waals surface area contributed by atoms with Gasteiger partial charge in [0.15, 0.2) is 18.5 Å². The summed E-state index contributed by atoms with van der Waals surface area (Å²) in [6.07, 6.45) is -10.0. The Morgan fingerprint density at radius 1 is 0.365 bits per heavy atom. The first-order chi connectivity index (χ1) is 36.4. The van der Waals surface area contributed by atoms with Crippen molar-refractivity contribution in [1.82, 2.24) is 0 Å². The van der Waals surface area contributed by atoms with Crippen LogP contribution in [-0.4, -0.2) is 86.4 Å². The highest BCUT2D eigenvalue weighted by molar-refractivity contribution is 5.90. The zero-order chi connectivity index (χ0) is 50.7. The Bertz CT molecular complexity index is 2720. The van der Waals surface area contributed by atoms with Crippen molar-refractivity contribution in [2.45, 2.75) is 101 Å². The average molecular weight is 999 g/mol. The van der Waals surface area contributed by atoms with E-state index in [1.807, 2.05) is 164 Å². The lowest BCUT2D eigenvalue weighted by Crippen LogP contribution is -2.66. The molecule has 0 bridgehead atoms. The fourth-order valence-electron chi connectivity index (χ4n) is 9.10. The first kappa shape index (κ1) is 52.0. The molecule has 0 radical (unpaired) electrons. The molecule has 382 valence electrons. The van der Waals surface area contributed by atoms with E-state index in [1.165, 1.54) is 0 Å². The lowest BCUT2D eigenvalue weighted by molar-refractivity contribution is -0.357. The van der Waals surface area contributed by atoms with Crippen LogP contribution in [0.4, 0.5) is 0 Å². The van der Waals surface area contributed by atoms with Crippen molar-refractivity contribution in [2.75, 3.05) is 13.2 Å². The van der Waals surface area contributed by atoms with Gasteiger partial charge in [-0.1, -0.05) is 188 Å². The molecule has 2 fully saturated rings. The fourth-order valence-corrected chi connectivity index (χ4v) is 9.10. The predicted molar refractivity (Wildman–Crippen MR) is 276 cm³/mol. The van der Waals surface area contributed by atoms with Crippen LogP contribution in [0.2, 0.25) is 0 Å². The average Bonchev–Trinajstić information content (AvgIpc) is 3.45. The molecule has 12 heteroatoms. The smallest absolute Gasteiger partial charge is 0.338 e. The standard InChI is InChI=1S/C62H62O12/c1-44-54(72-60(63)50-33-19-7-20-34-50)58(73-61(64)51-35-21-8-22-36-51)56(53(70-44)43-66-38-46-25-11-3-12-26-46)74-62-59(69-41-49-31-17-6-18-32-49)57(68-40-48-29-15-5-16-30-48)55(67-39-47-27-13-4-14-28-47)52(71-62)42-65-37-45-23-9-2-10-24-45/h2-36,44,52-59,62H,37-43H2,1H3/t44-,52?,53?,54+,55+,56-,57?,58?,59-,62+/m0/s1. The topological polar surface area (TPSA) is 126 Å². The van der Waals surface area contributed by atoms with E-state index in [-0.39, 0.29) is 45.2 Å². The molecular weight excluding hydrogens is 937 g/mol. The number of benzene rings is 7. The predicted octanol–water partition coefficient (Wildman–Crippen LogP) is 10.5. The summed E-state index contributed by atoms with van der Waals surface area (Å²) in [6, 6.07) is 66.5. The Morgan fingerprint density at radius 2 is 0.703 bits per heavy atom. The quantitative estimate of drug-likeness (QED) is 0.0566. The van der Waals surface area contributed by atoms with E-state index in [4.69, 9.17) is 47.4 Å². The minimum Gasteiger partial charge on any atom is -0.452 e. The van der Waals surface area contributed by atoms with E-state index in [2.05, 4.69) is 0 Å². The van der Waals surface area contributed by atoms with E-state index in [1.54, 1.807) is 55.5 Å². The van der Waals surface area contributed by atoms with E-state index in [9.17, 15) is 9.59 Å². The van der Waals surface area contributed by atoms with Gasteiger partial charge in [-0.05, 0) is 59.0 Å². The Hall–Kier alpha value is -6.84. The number of carbonyl (C=O) groups is 2. The molecule has 7 aromatic rings. The second-order valence-corrected chi connectivity index (χ2v) is 18.3. The number of ether oxygens (including phenoxy) is 10. The molecule has 0 aromatic heterocycles. The number of rotatable bonds is 23. The molecule has 2 aliphatic rings. The molecule has 74 heavy (non-hydrogen) atoms. The van der Waals surface area contributed by atoms with Crippen LogP contribution >= 0.6 is 0 Å². The Kier molecular flexibility index (Phi) is 18.9. The van der Waals surface area contributed by atoms with Gasteiger partial charge in [-0.15, -0.1) is 0 Å². The summed E-state index contributed by atoms with van der Waals surface area (Å²) in [6.45, 7) is 2.95. The molecule has 10 atom stereocenters. The second kappa shape index (κ2) is 26.9. The summed E-state index contributed by atoms with van der Waals surface area (Å²) in [5, 5.41) is 0. The molecule has 7 aromatic carbocycles. The number of carbonyl (C=O) groups excluding carboxylic acids is 2. The van der Waals surface area contributed by atoms with Crippen LogP contribution in [-0.2, 0) is 80.4 Å². The number of hydrogen-bond donors (Lipinski definition) is 0. The lowest BCUT2D eigenvalue weighted by atomic mass is 9.93. The van der Waals surface area contributed by atoms with Crippen LogP contribution in [0.25, 0.3) is 0 Å². The van der Waals surface area contributed by atoms with E-state index >= 15 is 0 Å². The third-order valence-electron chi connectivity index (χ3n) is 12.9.